The molecule has 0 bridgehead atoms. The van der Waals surface area contributed by atoms with Crippen molar-refractivity contribution in [1.29, 1.82) is 0 Å². The average Bonchev–Trinajstić information content (AvgIpc) is 3.00. The highest BCUT2D eigenvalue weighted by atomic mass is 16.2. The molecular weight excluding hydrogens is 264 g/mol. The molecule has 2 N–H and O–H groups in total. The van der Waals surface area contributed by atoms with E-state index in [4.69, 9.17) is 0 Å². The molecule has 5 nitrogen and oxygen atoms in total. The topological polar surface area (TPSA) is 58.9 Å². The first-order chi connectivity index (χ1) is 10.2. The van der Waals surface area contributed by atoms with E-state index in [0.717, 1.165) is 25.2 Å². The number of carbonyl (C=O) groups excluding carboxylic acids is 1. The molecule has 1 aromatic carbocycles. The summed E-state index contributed by atoms with van der Waals surface area (Å²) in [5, 5.41) is 10.7. The van der Waals surface area contributed by atoms with E-state index < -0.39 is 0 Å². The normalized spacial score (nSPS) is 22.0. The number of nitrogens with zero attached hydrogens (tertiary/aromatic N) is 2. The van der Waals surface area contributed by atoms with Gasteiger partial charge in [0.15, 0.2) is 5.69 Å². The van der Waals surface area contributed by atoms with Gasteiger partial charge in [-0.1, -0.05) is 25.1 Å². The molecule has 5 heteroatoms. The van der Waals surface area contributed by atoms with Gasteiger partial charge in [0.1, 0.15) is 0 Å². The number of para-hydroxylation sites is 1. The molecule has 1 aliphatic rings. The van der Waals surface area contributed by atoms with Crippen LogP contribution in [0.3, 0.4) is 0 Å². The maximum atomic E-state index is 12.3. The van der Waals surface area contributed by atoms with Gasteiger partial charge in [-0.3, -0.25) is 4.79 Å². The molecule has 2 aromatic rings. The molecule has 2 atom stereocenters. The van der Waals surface area contributed by atoms with Crippen molar-refractivity contribution in [3.8, 4) is 5.69 Å². The molecular formula is C16H20N4O. The number of hydrogen-bond acceptors (Lipinski definition) is 3. The molecule has 1 amide bonds. The number of aromatic nitrogens is 2. The maximum Gasteiger partial charge on any atom is 0.272 e. The van der Waals surface area contributed by atoms with E-state index in [1.165, 1.54) is 0 Å². The Bertz CT molecular complexity index is 608. The molecule has 1 fully saturated rings. The van der Waals surface area contributed by atoms with Crippen molar-refractivity contribution >= 4 is 5.91 Å². The van der Waals surface area contributed by atoms with E-state index in [9.17, 15) is 4.79 Å². The fourth-order valence-corrected chi connectivity index (χ4v) is 2.59. The zero-order chi connectivity index (χ0) is 14.7. The smallest absolute Gasteiger partial charge is 0.272 e. The summed E-state index contributed by atoms with van der Waals surface area (Å²) in [6.45, 7) is 4.02. The molecule has 1 aromatic heterocycles. The first-order valence-corrected chi connectivity index (χ1v) is 7.37. The molecule has 2 heterocycles. The molecule has 21 heavy (non-hydrogen) atoms. The second-order valence-corrected chi connectivity index (χ2v) is 5.53. The zero-order valence-electron chi connectivity index (χ0n) is 12.1. The molecule has 1 aliphatic heterocycles. The molecule has 110 valence electrons. The average molecular weight is 284 g/mol. The van der Waals surface area contributed by atoms with Crippen LogP contribution in [-0.4, -0.2) is 34.8 Å². The van der Waals surface area contributed by atoms with Gasteiger partial charge >= 0.3 is 0 Å². The summed E-state index contributed by atoms with van der Waals surface area (Å²) in [7, 11) is 0. The third-order valence-electron chi connectivity index (χ3n) is 3.99. The number of amides is 1. The summed E-state index contributed by atoms with van der Waals surface area (Å²) < 4.78 is 1.72. The summed E-state index contributed by atoms with van der Waals surface area (Å²) in [4.78, 5) is 12.3. The van der Waals surface area contributed by atoms with Gasteiger partial charge in [0, 0.05) is 18.8 Å². The minimum absolute atomic E-state index is 0.106. The van der Waals surface area contributed by atoms with E-state index in [-0.39, 0.29) is 11.9 Å². The van der Waals surface area contributed by atoms with Crippen LogP contribution >= 0.6 is 0 Å². The summed E-state index contributed by atoms with van der Waals surface area (Å²) in [6, 6.07) is 11.7. The van der Waals surface area contributed by atoms with Gasteiger partial charge < -0.3 is 10.6 Å². The van der Waals surface area contributed by atoms with Crippen LogP contribution in [-0.2, 0) is 0 Å². The number of rotatable bonds is 3. The van der Waals surface area contributed by atoms with E-state index in [1.54, 1.807) is 10.7 Å². The van der Waals surface area contributed by atoms with Crippen LogP contribution in [0.1, 0.15) is 23.8 Å². The van der Waals surface area contributed by atoms with Crippen molar-refractivity contribution in [2.24, 2.45) is 5.92 Å². The maximum absolute atomic E-state index is 12.3. The van der Waals surface area contributed by atoms with Gasteiger partial charge in [-0.2, -0.15) is 5.10 Å². The lowest BCUT2D eigenvalue weighted by Crippen LogP contribution is -2.50. The lowest BCUT2D eigenvalue weighted by molar-refractivity contribution is 0.0909. The Morgan fingerprint density at radius 2 is 2.14 bits per heavy atom. The predicted molar refractivity (Wildman–Crippen MR) is 81.5 cm³/mol. The first-order valence-electron chi connectivity index (χ1n) is 7.37. The quantitative estimate of drug-likeness (QED) is 0.900. The lowest BCUT2D eigenvalue weighted by Gasteiger charge is -2.29. The van der Waals surface area contributed by atoms with Gasteiger partial charge in [0.25, 0.3) is 5.91 Å². The molecule has 0 aliphatic carbocycles. The molecule has 0 spiro atoms. The Morgan fingerprint density at radius 1 is 1.33 bits per heavy atom. The SMILES string of the molecule is CC1CCNCC1NC(=O)c1ccn(-c2ccccc2)n1. The molecule has 0 saturated carbocycles. The van der Waals surface area contributed by atoms with Gasteiger partial charge in [-0.05, 0) is 37.1 Å². The van der Waals surface area contributed by atoms with Crippen LogP contribution < -0.4 is 10.6 Å². The summed E-state index contributed by atoms with van der Waals surface area (Å²) in [5.41, 5.74) is 1.40. The number of piperidine rings is 1. The van der Waals surface area contributed by atoms with Crippen molar-refractivity contribution in [3.05, 3.63) is 48.3 Å². The first kappa shape index (κ1) is 13.8. The van der Waals surface area contributed by atoms with Gasteiger partial charge in [0.05, 0.1) is 5.69 Å². The monoisotopic (exact) mass is 284 g/mol. The Balaban J connectivity index is 1.69. The number of benzene rings is 1. The molecule has 1 saturated heterocycles. The van der Waals surface area contributed by atoms with Gasteiger partial charge in [-0.15, -0.1) is 0 Å². The minimum atomic E-state index is -0.106. The van der Waals surface area contributed by atoms with E-state index >= 15 is 0 Å². The number of nitrogens with one attached hydrogen (secondary N) is 2. The third kappa shape index (κ3) is 3.13. The third-order valence-corrected chi connectivity index (χ3v) is 3.99. The Labute approximate surface area is 124 Å². The highest BCUT2D eigenvalue weighted by Gasteiger charge is 2.23. The Hall–Kier alpha value is -2.14. The van der Waals surface area contributed by atoms with Crippen LogP contribution in [0.2, 0.25) is 0 Å². The summed E-state index contributed by atoms with van der Waals surface area (Å²) in [6.07, 6.45) is 2.90. The fraction of sp³-hybridized carbons (Fsp3) is 0.375. The van der Waals surface area contributed by atoms with Crippen molar-refractivity contribution in [1.82, 2.24) is 20.4 Å². The van der Waals surface area contributed by atoms with E-state index in [1.807, 2.05) is 36.5 Å². The van der Waals surface area contributed by atoms with E-state index in [2.05, 4.69) is 22.7 Å². The highest BCUT2D eigenvalue weighted by molar-refractivity contribution is 5.92. The van der Waals surface area contributed by atoms with Crippen molar-refractivity contribution in [2.75, 3.05) is 13.1 Å². The largest absolute Gasteiger partial charge is 0.346 e. The van der Waals surface area contributed by atoms with Crippen molar-refractivity contribution in [3.63, 3.8) is 0 Å². The predicted octanol–water partition coefficient (Wildman–Crippen LogP) is 1.60. The van der Waals surface area contributed by atoms with Crippen LogP contribution in [0.25, 0.3) is 5.69 Å². The Kier molecular flexibility index (Phi) is 4.01. The van der Waals surface area contributed by atoms with Crippen molar-refractivity contribution < 1.29 is 4.79 Å². The van der Waals surface area contributed by atoms with Gasteiger partial charge in [0.2, 0.25) is 0 Å². The highest BCUT2D eigenvalue weighted by Crippen LogP contribution is 2.12. The summed E-state index contributed by atoms with van der Waals surface area (Å²) >= 11 is 0. The van der Waals surface area contributed by atoms with Gasteiger partial charge in [-0.25, -0.2) is 4.68 Å². The molecule has 0 radical (unpaired) electrons. The van der Waals surface area contributed by atoms with Crippen LogP contribution in [0.4, 0.5) is 0 Å². The second kappa shape index (κ2) is 6.10. The second-order valence-electron chi connectivity index (χ2n) is 5.53. The summed E-state index contributed by atoms with van der Waals surface area (Å²) in [5.74, 6) is 0.386. The minimum Gasteiger partial charge on any atom is -0.346 e. The lowest BCUT2D eigenvalue weighted by atomic mass is 9.95. The standard InChI is InChI=1S/C16H20N4O/c1-12-7-9-17-11-15(12)18-16(21)14-8-10-20(19-14)13-5-3-2-4-6-13/h2-6,8,10,12,15,17H,7,9,11H2,1H3,(H,18,21). The number of carbonyl (C=O) groups is 1. The van der Waals surface area contributed by atoms with Crippen LogP contribution in [0, 0.1) is 5.92 Å². The van der Waals surface area contributed by atoms with E-state index in [0.29, 0.717) is 11.6 Å². The Morgan fingerprint density at radius 3 is 2.90 bits per heavy atom. The van der Waals surface area contributed by atoms with Crippen LogP contribution in [0.5, 0.6) is 0 Å². The number of hydrogen-bond donors (Lipinski definition) is 2. The fourth-order valence-electron chi connectivity index (χ4n) is 2.59. The van der Waals surface area contributed by atoms with Crippen molar-refractivity contribution in [2.45, 2.75) is 19.4 Å². The van der Waals surface area contributed by atoms with Crippen LogP contribution in [0.15, 0.2) is 42.6 Å². The molecule has 2 unspecified atom stereocenters. The zero-order valence-corrected chi connectivity index (χ0v) is 12.1. The molecule has 3 rings (SSSR count).